The predicted octanol–water partition coefficient (Wildman–Crippen LogP) is 2.03. The molecule has 0 amide bonds. The molecule has 0 fully saturated rings. The molecule has 19 heavy (non-hydrogen) atoms. The molecule has 0 saturated heterocycles. The van der Waals surface area contributed by atoms with Crippen molar-refractivity contribution >= 4 is 11.9 Å². The van der Waals surface area contributed by atoms with E-state index in [0.29, 0.717) is 12.4 Å². The molecule has 0 aromatic heterocycles. The molecule has 6 heteroatoms. The van der Waals surface area contributed by atoms with Crippen LogP contribution in [0.5, 0.6) is 11.5 Å². The molecule has 0 radical (unpaired) electrons. The maximum atomic E-state index is 11.0. The second kappa shape index (κ2) is 6.63. The lowest BCUT2D eigenvalue weighted by atomic mass is 10.2. The van der Waals surface area contributed by atoms with E-state index in [1.807, 2.05) is 6.92 Å². The molecule has 0 spiro atoms. The number of hydrogen-bond acceptors (Lipinski definition) is 4. The zero-order chi connectivity index (χ0) is 14.4. The lowest BCUT2D eigenvalue weighted by Crippen LogP contribution is -2.23. The summed E-state index contributed by atoms with van der Waals surface area (Å²) in [6.45, 7) is 3.75. The van der Waals surface area contributed by atoms with Gasteiger partial charge in [0.05, 0.1) is 6.61 Å². The lowest BCUT2D eigenvalue weighted by molar-refractivity contribution is -0.144. The van der Waals surface area contributed by atoms with Gasteiger partial charge in [0, 0.05) is 6.07 Å². The molecule has 1 rings (SSSR count). The fourth-order valence-electron chi connectivity index (χ4n) is 1.33. The molecule has 1 unspecified atom stereocenters. The Hall–Kier alpha value is -2.24. The SMILES string of the molecule is CCCOc1ccc(C(=O)O)c(OC(C)C(=O)O)c1. The van der Waals surface area contributed by atoms with Crippen LogP contribution in [0.15, 0.2) is 18.2 Å². The van der Waals surface area contributed by atoms with Crippen molar-refractivity contribution in [3.05, 3.63) is 23.8 Å². The zero-order valence-corrected chi connectivity index (χ0v) is 10.8. The quantitative estimate of drug-likeness (QED) is 0.785. The van der Waals surface area contributed by atoms with Crippen LogP contribution in [-0.2, 0) is 4.79 Å². The summed E-state index contributed by atoms with van der Waals surface area (Å²) < 4.78 is 10.5. The number of carboxylic acid groups (broad SMARTS) is 2. The smallest absolute Gasteiger partial charge is 0.344 e. The van der Waals surface area contributed by atoms with Crippen LogP contribution < -0.4 is 9.47 Å². The minimum absolute atomic E-state index is 0.0176. The van der Waals surface area contributed by atoms with Crippen molar-refractivity contribution in [1.29, 1.82) is 0 Å². The fourth-order valence-corrected chi connectivity index (χ4v) is 1.33. The molecular weight excluding hydrogens is 252 g/mol. The van der Waals surface area contributed by atoms with E-state index in [1.54, 1.807) is 0 Å². The maximum Gasteiger partial charge on any atom is 0.344 e. The van der Waals surface area contributed by atoms with Crippen molar-refractivity contribution in [3.8, 4) is 11.5 Å². The van der Waals surface area contributed by atoms with Crippen LogP contribution in [0.1, 0.15) is 30.6 Å². The van der Waals surface area contributed by atoms with E-state index in [0.717, 1.165) is 6.42 Å². The van der Waals surface area contributed by atoms with Crippen LogP contribution in [-0.4, -0.2) is 34.9 Å². The van der Waals surface area contributed by atoms with Crippen molar-refractivity contribution in [3.63, 3.8) is 0 Å². The molecule has 1 aromatic carbocycles. The monoisotopic (exact) mass is 268 g/mol. The number of hydrogen-bond donors (Lipinski definition) is 2. The molecule has 1 aromatic rings. The van der Waals surface area contributed by atoms with Gasteiger partial charge in [0.15, 0.2) is 6.10 Å². The highest BCUT2D eigenvalue weighted by atomic mass is 16.5. The molecule has 0 saturated carbocycles. The number of ether oxygens (including phenoxy) is 2. The molecule has 6 nitrogen and oxygen atoms in total. The Morgan fingerprint density at radius 3 is 2.53 bits per heavy atom. The highest BCUT2D eigenvalue weighted by Gasteiger charge is 2.18. The van der Waals surface area contributed by atoms with Crippen molar-refractivity contribution in [2.45, 2.75) is 26.4 Å². The van der Waals surface area contributed by atoms with Gasteiger partial charge in [-0.1, -0.05) is 6.92 Å². The van der Waals surface area contributed by atoms with Gasteiger partial charge in [-0.3, -0.25) is 0 Å². The predicted molar refractivity (Wildman–Crippen MR) is 66.9 cm³/mol. The Kier molecular flexibility index (Phi) is 5.17. The van der Waals surface area contributed by atoms with E-state index in [1.165, 1.54) is 25.1 Å². The van der Waals surface area contributed by atoms with Crippen LogP contribution in [0.3, 0.4) is 0 Å². The molecular formula is C13H16O6. The first-order chi connectivity index (χ1) is 8.95. The van der Waals surface area contributed by atoms with Gasteiger partial charge in [-0.05, 0) is 25.5 Å². The largest absolute Gasteiger partial charge is 0.493 e. The molecule has 0 heterocycles. The van der Waals surface area contributed by atoms with Gasteiger partial charge < -0.3 is 19.7 Å². The Morgan fingerprint density at radius 2 is 2.00 bits per heavy atom. The van der Waals surface area contributed by atoms with E-state index in [-0.39, 0.29) is 11.3 Å². The summed E-state index contributed by atoms with van der Waals surface area (Å²) in [5, 5.41) is 17.8. The van der Waals surface area contributed by atoms with Crippen LogP contribution in [0.25, 0.3) is 0 Å². The van der Waals surface area contributed by atoms with Crippen LogP contribution in [0, 0.1) is 0 Å². The second-order valence-electron chi connectivity index (χ2n) is 3.91. The van der Waals surface area contributed by atoms with Gasteiger partial charge in [-0.25, -0.2) is 9.59 Å². The second-order valence-corrected chi connectivity index (χ2v) is 3.91. The first kappa shape index (κ1) is 14.8. The average molecular weight is 268 g/mol. The van der Waals surface area contributed by atoms with Gasteiger partial charge in [0.25, 0.3) is 0 Å². The van der Waals surface area contributed by atoms with Crippen LogP contribution in [0.2, 0.25) is 0 Å². The molecule has 0 aliphatic rings. The summed E-state index contributed by atoms with van der Waals surface area (Å²) in [6.07, 6.45) is -0.331. The van der Waals surface area contributed by atoms with Gasteiger partial charge in [-0.15, -0.1) is 0 Å². The number of rotatable bonds is 7. The summed E-state index contributed by atoms with van der Waals surface area (Å²) >= 11 is 0. The third-order valence-electron chi connectivity index (χ3n) is 2.31. The van der Waals surface area contributed by atoms with E-state index in [4.69, 9.17) is 19.7 Å². The number of aliphatic carboxylic acids is 1. The summed E-state index contributed by atoms with van der Waals surface area (Å²) in [5.74, 6) is -1.93. The third-order valence-corrected chi connectivity index (χ3v) is 2.31. The standard InChI is InChI=1S/C13H16O6/c1-3-6-18-9-4-5-10(13(16)17)11(7-9)19-8(2)12(14)15/h4-5,7-8H,3,6H2,1-2H3,(H,14,15)(H,16,17). The highest BCUT2D eigenvalue weighted by molar-refractivity contribution is 5.91. The highest BCUT2D eigenvalue weighted by Crippen LogP contribution is 2.26. The Bertz CT molecular complexity index is 468. The summed E-state index contributed by atoms with van der Waals surface area (Å²) in [5.41, 5.74) is -0.100. The number of aromatic carboxylic acids is 1. The lowest BCUT2D eigenvalue weighted by Gasteiger charge is -2.14. The number of carbonyl (C=O) groups is 2. The van der Waals surface area contributed by atoms with Gasteiger partial charge >= 0.3 is 11.9 Å². The van der Waals surface area contributed by atoms with Gasteiger partial charge in [-0.2, -0.15) is 0 Å². The molecule has 104 valence electrons. The Morgan fingerprint density at radius 1 is 1.32 bits per heavy atom. The van der Waals surface area contributed by atoms with Crippen molar-refractivity contribution in [2.75, 3.05) is 6.61 Å². The Balaban J connectivity index is 3.01. The minimum atomic E-state index is -1.19. The topological polar surface area (TPSA) is 93.1 Å². The van der Waals surface area contributed by atoms with Crippen molar-refractivity contribution in [1.82, 2.24) is 0 Å². The van der Waals surface area contributed by atoms with E-state index >= 15 is 0 Å². The first-order valence-corrected chi connectivity index (χ1v) is 5.85. The third kappa shape index (κ3) is 4.17. The Labute approximate surface area is 110 Å². The van der Waals surface area contributed by atoms with Crippen molar-refractivity contribution < 1.29 is 29.3 Å². The van der Waals surface area contributed by atoms with E-state index in [9.17, 15) is 9.59 Å². The van der Waals surface area contributed by atoms with E-state index < -0.39 is 18.0 Å². The van der Waals surface area contributed by atoms with Gasteiger partial charge in [0.1, 0.15) is 17.1 Å². The average Bonchev–Trinajstić information content (AvgIpc) is 2.36. The van der Waals surface area contributed by atoms with E-state index in [2.05, 4.69) is 0 Å². The number of benzene rings is 1. The summed E-state index contributed by atoms with van der Waals surface area (Å²) in [7, 11) is 0. The normalized spacial score (nSPS) is 11.7. The molecule has 1 atom stereocenters. The number of carboxylic acids is 2. The molecule has 2 N–H and O–H groups in total. The molecule has 0 aliphatic carbocycles. The first-order valence-electron chi connectivity index (χ1n) is 5.85. The summed E-state index contributed by atoms with van der Waals surface area (Å²) in [4.78, 5) is 21.8. The molecule has 0 aliphatic heterocycles. The molecule has 0 bridgehead atoms. The maximum absolute atomic E-state index is 11.0. The zero-order valence-electron chi connectivity index (χ0n) is 10.8. The van der Waals surface area contributed by atoms with Crippen LogP contribution in [0.4, 0.5) is 0 Å². The van der Waals surface area contributed by atoms with Crippen LogP contribution >= 0.6 is 0 Å². The fraction of sp³-hybridized carbons (Fsp3) is 0.385. The van der Waals surface area contributed by atoms with Gasteiger partial charge in [0.2, 0.25) is 0 Å². The summed E-state index contributed by atoms with van der Waals surface area (Å²) in [6, 6.07) is 4.23. The van der Waals surface area contributed by atoms with Crippen molar-refractivity contribution in [2.24, 2.45) is 0 Å². The minimum Gasteiger partial charge on any atom is -0.493 e.